The highest BCUT2D eigenvalue weighted by Crippen LogP contribution is 2.33. The summed E-state index contributed by atoms with van der Waals surface area (Å²) in [6, 6.07) is 5.04. The lowest BCUT2D eigenvalue weighted by Gasteiger charge is -2.36. The number of aryl methyl sites for hydroxylation is 3. The molecule has 0 aromatic heterocycles. The average molecular weight is 261 g/mol. The van der Waals surface area contributed by atoms with E-state index in [2.05, 4.69) is 38.2 Å². The summed E-state index contributed by atoms with van der Waals surface area (Å²) in [5, 5.41) is 14.2. The summed E-state index contributed by atoms with van der Waals surface area (Å²) in [5.41, 5.74) is 4.79. The number of hydrogen-bond acceptors (Lipinski definition) is 2. The highest BCUT2D eigenvalue weighted by atomic mass is 16.3. The molecule has 0 aliphatic heterocycles. The molecule has 0 amide bonds. The van der Waals surface area contributed by atoms with Crippen molar-refractivity contribution in [2.75, 3.05) is 7.05 Å². The van der Waals surface area contributed by atoms with Gasteiger partial charge in [0.1, 0.15) is 0 Å². The van der Waals surface area contributed by atoms with Crippen LogP contribution in [-0.4, -0.2) is 23.8 Å². The van der Waals surface area contributed by atoms with E-state index in [4.69, 9.17) is 0 Å². The van der Waals surface area contributed by atoms with Crippen molar-refractivity contribution in [2.45, 2.75) is 64.5 Å². The fraction of sp³-hybridized carbons (Fsp3) is 0.647. The van der Waals surface area contributed by atoms with Gasteiger partial charge in [0.2, 0.25) is 0 Å². The van der Waals surface area contributed by atoms with E-state index in [1.165, 1.54) is 22.3 Å². The van der Waals surface area contributed by atoms with E-state index in [-0.39, 0.29) is 0 Å². The first-order valence-corrected chi connectivity index (χ1v) is 7.40. The fourth-order valence-corrected chi connectivity index (χ4v) is 3.44. The Bertz CT molecular complexity index is 422. The van der Waals surface area contributed by atoms with Crippen molar-refractivity contribution >= 4 is 0 Å². The number of rotatable bonds is 3. The number of aliphatic hydroxyl groups is 1. The van der Waals surface area contributed by atoms with E-state index in [1.54, 1.807) is 0 Å². The van der Waals surface area contributed by atoms with Gasteiger partial charge in [-0.1, -0.05) is 17.7 Å². The zero-order chi connectivity index (χ0) is 14.0. The molecule has 106 valence electrons. The quantitative estimate of drug-likeness (QED) is 0.876. The van der Waals surface area contributed by atoms with Crippen LogP contribution in [0, 0.1) is 20.8 Å². The molecule has 1 aromatic rings. The molecule has 1 saturated carbocycles. The Morgan fingerprint density at radius 3 is 2.16 bits per heavy atom. The van der Waals surface area contributed by atoms with E-state index in [9.17, 15) is 5.11 Å². The molecule has 1 aliphatic carbocycles. The van der Waals surface area contributed by atoms with Gasteiger partial charge in [-0.2, -0.15) is 0 Å². The SMILES string of the molecule is CNC1CCC(O)(Cc2c(C)cc(C)cc2C)CC1. The fourth-order valence-electron chi connectivity index (χ4n) is 3.44. The Morgan fingerprint density at radius 2 is 1.68 bits per heavy atom. The van der Waals surface area contributed by atoms with Crippen LogP contribution in [0.15, 0.2) is 12.1 Å². The summed E-state index contributed by atoms with van der Waals surface area (Å²) >= 11 is 0. The standard InChI is InChI=1S/C17H27NO/c1-12-9-13(2)16(14(3)10-12)11-17(19)7-5-15(18-4)6-8-17/h9-10,15,18-19H,5-8,11H2,1-4H3. The normalized spacial score (nSPS) is 27.5. The molecule has 0 radical (unpaired) electrons. The molecular weight excluding hydrogens is 234 g/mol. The second-order valence-corrected chi connectivity index (χ2v) is 6.34. The molecule has 2 heteroatoms. The van der Waals surface area contributed by atoms with Crippen LogP contribution in [0.4, 0.5) is 0 Å². The largest absolute Gasteiger partial charge is 0.390 e. The molecule has 0 unspecified atom stereocenters. The predicted molar refractivity (Wildman–Crippen MR) is 80.6 cm³/mol. The van der Waals surface area contributed by atoms with E-state index >= 15 is 0 Å². The van der Waals surface area contributed by atoms with E-state index in [1.807, 2.05) is 7.05 Å². The molecule has 1 aromatic carbocycles. The van der Waals surface area contributed by atoms with Gasteiger partial charge in [0.25, 0.3) is 0 Å². The number of benzene rings is 1. The van der Waals surface area contributed by atoms with Gasteiger partial charge in [0.05, 0.1) is 5.60 Å². The van der Waals surface area contributed by atoms with Crippen molar-refractivity contribution in [1.29, 1.82) is 0 Å². The second-order valence-electron chi connectivity index (χ2n) is 6.34. The summed E-state index contributed by atoms with van der Waals surface area (Å²) in [6.07, 6.45) is 4.78. The Morgan fingerprint density at radius 1 is 1.16 bits per heavy atom. The Hall–Kier alpha value is -0.860. The van der Waals surface area contributed by atoms with Crippen molar-refractivity contribution in [3.63, 3.8) is 0 Å². The molecule has 19 heavy (non-hydrogen) atoms. The summed E-state index contributed by atoms with van der Waals surface area (Å²) < 4.78 is 0. The van der Waals surface area contributed by atoms with Crippen LogP contribution in [0.2, 0.25) is 0 Å². The zero-order valence-corrected chi connectivity index (χ0v) is 12.7. The minimum absolute atomic E-state index is 0.502. The Labute approximate surface area is 117 Å². The summed E-state index contributed by atoms with van der Waals surface area (Å²) in [5.74, 6) is 0. The van der Waals surface area contributed by atoms with Crippen molar-refractivity contribution < 1.29 is 5.11 Å². The molecule has 2 nitrogen and oxygen atoms in total. The smallest absolute Gasteiger partial charge is 0.0689 e. The van der Waals surface area contributed by atoms with Gasteiger partial charge in [-0.3, -0.25) is 0 Å². The third kappa shape index (κ3) is 3.37. The highest BCUT2D eigenvalue weighted by molar-refractivity contribution is 5.38. The lowest BCUT2D eigenvalue weighted by atomic mass is 9.77. The van der Waals surface area contributed by atoms with Gasteiger partial charge >= 0.3 is 0 Å². The maximum absolute atomic E-state index is 10.8. The van der Waals surface area contributed by atoms with Crippen LogP contribution >= 0.6 is 0 Å². The van der Waals surface area contributed by atoms with Crippen LogP contribution in [-0.2, 0) is 6.42 Å². The summed E-state index contributed by atoms with van der Waals surface area (Å²) in [6.45, 7) is 6.46. The van der Waals surface area contributed by atoms with Crippen LogP contribution in [0.5, 0.6) is 0 Å². The first-order chi connectivity index (χ1) is 8.93. The van der Waals surface area contributed by atoms with Gasteiger partial charge < -0.3 is 10.4 Å². The number of nitrogens with one attached hydrogen (secondary N) is 1. The molecular formula is C17H27NO. The van der Waals surface area contributed by atoms with Crippen LogP contribution in [0.3, 0.4) is 0 Å². The molecule has 1 aliphatic rings. The summed E-state index contributed by atoms with van der Waals surface area (Å²) in [7, 11) is 2.02. The lowest BCUT2D eigenvalue weighted by Crippen LogP contribution is -2.41. The van der Waals surface area contributed by atoms with Gasteiger partial charge in [-0.15, -0.1) is 0 Å². The van der Waals surface area contributed by atoms with Crippen LogP contribution in [0.25, 0.3) is 0 Å². The van der Waals surface area contributed by atoms with Gasteiger partial charge in [-0.25, -0.2) is 0 Å². The molecule has 2 N–H and O–H groups in total. The monoisotopic (exact) mass is 261 g/mol. The Kier molecular flexibility index (Phi) is 4.32. The molecule has 0 atom stereocenters. The van der Waals surface area contributed by atoms with Gasteiger partial charge in [-0.05, 0) is 70.2 Å². The minimum atomic E-state index is -0.502. The van der Waals surface area contributed by atoms with E-state index in [0.717, 1.165) is 32.1 Å². The average Bonchev–Trinajstić information content (AvgIpc) is 2.35. The van der Waals surface area contributed by atoms with Crippen molar-refractivity contribution in [3.05, 3.63) is 34.4 Å². The molecule has 0 heterocycles. The topological polar surface area (TPSA) is 32.3 Å². The molecule has 0 saturated heterocycles. The highest BCUT2D eigenvalue weighted by Gasteiger charge is 2.33. The lowest BCUT2D eigenvalue weighted by molar-refractivity contribution is -0.00267. The molecule has 1 fully saturated rings. The van der Waals surface area contributed by atoms with Crippen LogP contribution in [0.1, 0.15) is 47.9 Å². The maximum atomic E-state index is 10.8. The summed E-state index contributed by atoms with van der Waals surface area (Å²) in [4.78, 5) is 0. The molecule has 2 rings (SSSR count). The van der Waals surface area contributed by atoms with Gasteiger partial charge in [0, 0.05) is 12.5 Å². The third-order valence-electron chi connectivity index (χ3n) is 4.67. The van der Waals surface area contributed by atoms with E-state index < -0.39 is 5.60 Å². The maximum Gasteiger partial charge on any atom is 0.0689 e. The van der Waals surface area contributed by atoms with Crippen molar-refractivity contribution in [2.24, 2.45) is 0 Å². The molecule has 0 bridgehead atoms. The second kappa shape index (κ2) is 5.64. The van der Waals surface area contributed by atoms with Crippen LogP contribution < -0.4 is 5.32 Å². The Balaban J connectivity index is 2.13. The minimum Gasteiger partial charge on any atom is -0.390 e. The first kappa shape index (κ1) is 14.5. The third-order valence-corrected chi connectivity index (χ3v) is 4.67. The van der Waals surface area contributed by atoms with Crippen molar-refractivity contribution in [1.82, 2.24) is 5.32 Å². The number of hydrogen-bond donors (Lipinski definition) is 2. The van der Waals surface area contributed by atoms with Gasteiger partial charge in [0.15, 0.2) is 0 Å². The van der Waals surface area contributed by atoms with Crippen molar-refractivity contribution in [3.8, 4) is 0 Å². The first-order valence-electron chi connectivity index (χ1n) is 7.40. The molecule has 0 spiro atoms. The van der Waals surface area contributed by atoms with E-state index in [0.29, 0.717) is 6.04 Å². The predicted octanol–water partition coefficient (Wildman–Crippen LogP) is 3.05. The zero-order valence-electron chi connectivity index (χ0n) is 12.7.